The molecular formula is C28H32Cl2N6O2. The van der Waals surface area contributed by atoms with Gasteiger partial charge in [0, 0.05) is 43.3 Å². The maximum atomic E-state index is 13.3. The molecule has 1 atom stereocenters. The van der Waals surface area contributed by atoms with E-state index in [1.807, 2.05) is 67.3 Å². The van der Waals surface area contributed by atoms with Crippen LogP contribution in [-0.2, 0) is 4.79 Å². The Balaban J connectivity index is 1.37. The number of carbonyl (C=O) groups is 2. The summed E-state index contributed by atoms with van der Waals surface area (Å²) in [6.45, 7) is 6.85. The van der Waals surface area contributed by atoms with E-state index in [0.717, 1.165) is 23.4 Å². The molecule has 3 amide bonds. The van der Waals surface area contributed by atoms with Crippen LogP contribution in [-0.4, -0.2) is 71.2 Å². The minimum Gasteiger partial charge on any atom is -0.352 e. The van der Waals surface area contributed by atoms with Gasteiger partial charge < -0.3 is 20.0 Å². The molecule has 3 aromatic rings. The molecule has 1 aromatic heterocycles. The van der Waals surface area contributed by atoms with Crippen molar-refractivity contribution >= 4 is 41.0 Å². The average molecular weight is 556 g/mol. The van der Waals surface area contributed by atoms with Crippen LogP contribution >= 0.6 is 23.2 Å². The second-order valence-corrected chi connectivity index (χ2v) is 10.1. The second kappa shape index (κ2) is 12.9. The first-order chi connectivity index (χ1) is 18.4. The van der Waals surface area contributed by atoms with Crippen LogP contribution in [0.1, 0.15) is 31.9 Å². The molecule has 1 fully saturated rings. The van der Waals surface area contributed by atoms with Crippen molar-refractivity contribution in [2.75, 3.05) is 44.2 Å². The van der Waals surface area contributed by atoms with Crippen LogP contribution < -0.4 is 10.2 Å². The Morgan fingerprint density at radius 1 is 1.00 bits per heavy atom. The molecule has 1 N–H and O–H groups in total. The summed E-state index contributed by atoms with van der Waals surface area (Å²) in [6, 6.07) is 18.4. The molecule has 2 heterocycles. The van der Waals surface area contributed by atoms with E-state index in [9.17, 15) is 9.59 Å². The summed E-state index contributed by atoms with van der Waals surface area (Å²) in [5, 5.41) is 12.7. The zero-order chi connectivity index (χ0) is 27.1. The highest BCUT2D eigenvalue weighted by atomic mass is 35.5. The van der Waals surface area contributed by atoms with Crippen LogP contribution in [0, 0.1) is 0 Å². The highest BCUT2D eigenvalue weighted by Gasteiger charge is 2.28. The Morgan fingerprint density at radius 2 is 1.74 bits per heavy atom. The summed E-state index contributed by atoms with van der Waals surface area (Å²) < 4.78 is 0. The van der Waals surface area contributed by atoms with Crippen LogP contribution in [0.25, 0.3) is 11.3 Å². The van der Waals surface area contributed by atoms with E-state index >= 15 is 0 Å². The number of nitrogens with one attached hydrogen (secondary N) is 1. The smallest absolute Gasteiger partial charge is 0.318 e. The maximum absolute atomic E-state index is 13.3. The molecule has 1 aliphatic heterocycles. The van der Waals surface area contributed by atoms with Crippen molar-refractivity contribution in [3.63, 3.8) is 0 Å². The van der Waals surface area contributed by atoms with Gasteiger partial charge in [-0.2, -0.15) is 0 Å². The highest BCUT2D eigenvalue weighted by molar-refractivity contribution is 6.36. The van der Waals surface area contributed by atoms with Gasteiger partial charge in [-0.25, -0.2) is 4.79 Å². The van der Waals surface area contributed by atoms with E-state index in [1.54, 1.807) is 17.0 Å². The van der Waals surface area contributed by atoms with Crippen LogP contribution in [0.5, 0.6) is 0 Å². The standard InChI is InChI=1S/C28H32Cl2N6O2/c1-3-13-31-28(38)36(20(2)21-7-5-4-6-8-21)19-27(37)35-16-14-34(15-17-35)26-12-11-25(32-33-26)23-10-9-22(29)18-24(23)30/h4-12,18,20H,3,13-17,19H2,1-2H3,(H,31,38)/t20-/m1/s1. The van der Waals surface area contributed by atoms with Gasteiger partial charge in [0.2, 0.25) is 5.91 Å². The van der Waals surface area contributed by atoms with E-state index in [1.165, 1.54) is 0 Å². The van der Waals surface area contributed by atoms with Gasteiger partial charge in [0.1, 0.15) is 6.54 Å². The number of urea groups is 1. The number of hydrogen-bond donors (Lipinski definition) is 1. The molecule has 0 bridgehead atoms. The third-order valence-electron chi connectivity index (χ3n) is 6.66. The van der Waals surface area contributed by atoms with Gasteiger partial charge >= 0.3 is 6.03 Å². The minimum absolute atomic E-state index is 0.0158. The first kappa shape index (κ1) is 27.7. The van der Waals surface area contributed by atoms with Crippen molar-refractivity contribution < 1.29 is 9.59 Å². The van der Waals surface area contributed by atoms with Crippen molar-refractivity contribution in [1.82, 2.24) is 25.3 Å². The van der Waals surface area contributed by atoms with Crippen molar-refractivity contribution in [1.29, 1.82) is 0 Å². The number of aromatic nitrogens is 2. The van der Waals surface area contributed by atoms with Gasteiger partial charge in [0.15, 0.2) is 5.82 Å². The summed E-state index contributed by atoms with van der Waals surface area (Å²) >= 11 is 12.3. The molecule has 0 unspecified atom stereocenters. The Kier molecular flexibility index (Phi) is 9.42. The number of amides is 3. The normalized spacial score (nSPS) is 14.2. The Labute approximate surface area is 233 Å². The first-order valence-electron chi connectivity index (χ1n) is 12.8. The Hall–Kier alpha value is -3.36. The zero-order valence-electron chi connectivity index (χ0n) is 21.6. The molecule has 0 aliphatic carbocycles. The molecule has 38 heavy (non-hydrogen) atoms. The van der Waals surface area contributed by atoms with E-state index in [-0.39, 0.29) is 24.5 Å². The summed E-state index contributed by atoms with van der Waals surface area (Å²) in [5.41, 5.74) is 2.42. The largest absolute Gasteiger partial charge is 0.352 e. The van der Waals surface area contributed by atoms with Gasteiger partial charge in [0.05, 0.1) is 16.8 Å². The molecule has 10 heteroatoms. The lowest BCUT2D eigenvalue weighted by molar-refractivity contribution is -0.132. The third-order valence-corrected chi connectivity index (χ3v) is 7.20. The number of carbonyl (C=O) groups excluding carboxylic acids is 2. The molecule has 2 aromatic carbocycles. The number of halogens is 2. The average Bonchev–Trinajstić information content (AvgIpc) is 2.95. The van der Waals surface area contributed by atoms with E-state index in [2.05, 4.69) is 20.4 Å². The lowest BCUT2D eigenvalue weighted by Gasteiger charge is -2.37. The summed E-state index contributed by atoms with van der Waals surface area (Å²) in [4.78, 5) is 31.7. The van der Waals surface area contributed by atoms with Crippen molar-refractivity contribution in [2.24, 2.45) is 0 Å². The number of anilines is 1. The highest BCUT2D eigenvalue weighted by Crippen LogP contribution is 2.29. The molecule has 0 saturated carbocycles. The fourth-order valence-electron chi connectivity index (χ4n) is 4.40. The molecule has 200 valence electrons. The predicted octanol–water partition coefficient (Wildman–Crippen LogP) is 5.28. The topological polar surface area (TPSA) is 81.7 Å². The SMILES string of the molecule is CCCNC(=O)N(CC(=O)N1CCN(c2ccc(-c3ccc(Cl)cc3Cl)nn2)CC1)[C@H](C)c1ccccc1. The van der Waals surface area contributed by atoms with E-state index < -0.39 is 0 Å². The van der Waals surface area contributed by atoms with E-state index in [0.29, 0.717) is 48.5 Å². The monoisotopic (exact) mass is 554 g/mol. The van der Waals surface area contributed by atoms with Gasteiger partial charge in [-0.05, 0) is 49.2 Å². The second-order valence-electron chi connectivity index (χ2n) is 9.22. The predicted molar refractivity (Wildman–Crippen MR) is 152 cm³/mol. The number of benzene rings is 2. The molecule has 1 saturated heterocycles. The first-order valence-corrected chi connectivity index (χ1v) is 13.5. The van der Waals surface area contributed by atoms with Crippen LogP contribution in [0.15, 0.2) is 60.7 Å². The zero-order valence-corrected chi connectivity index (χ0v) is 23.1. The third kappa shape index (κ3) is 6.74. The van der Waals surface area contributed by atoms with Crippen LogP contribution in [0.2, 0.25) is 10.0 Å². The maximum Gasteiger partial charge on any atom is 0.318 e. The molecule has 8 nitrogen and oxygen atoms in total. The van der Waals surface area contributed by atoms with Crippen LogP contribution in [0.3, 0.4) is 0 Å². The van der Waals surface area contributed by atoms with Gasteiger partial charge in [-0.15, -0.1) is 10.2 Å². The minimum atomic E-state index is -0.235. The molecule has 1 aliphatic rings. The van der Waals surface area contributed by atoms with Crippen LogP contribution in [0.4, 0.5) is 10.6 Å². The Bertz CT molecular complexity index is 1230. The van der Waals surface area contributed by atoms with Crippen molar-refractivity contribution in [3.8, 4) is 11.3 Å². The van der Waals surface area contributed by atoms with Crippen molar-refractivity contribution in [2.45, 2.75) is 26.3 Å². The van der Waals surface area contributed by atoms with Gasteiger partial charge in [0.25, 0.3) is 0 Å². The summed E-state index contributed by atoms with van der Waals surface area (Å²) in [6.07, 6.45) is 0.825. The fourth-order valence-corrected chi connectivity index (χ4v) is 4.90. The van der Waals surface area contributed by atoms with Gasteiger partial charge in [-0.3, -0.25) is 4.79 Å². The molecule has 0 radical (unpaired) electrons. The number of rotatable bonds is 8. The number of nitrogens with zero attached hydrogens (tertiary/aromatic N) is 5. The van der Waals surface area contributed by atoms with E-state index in [4.69, 9.17) is 23.2 Å². The van der Waals surface area contributed by atoms with Gasteiger partial charge in [-0.1, -0.05) is 60.5 Å². The molecular weight excluding hydrogens is 523 g/mol. The lowest BCUT2D eigenvalue weighted by Crippen LogP contribution is -2.53. The molecule has 0 spiro atoms. The van der Waals surface area contributed by atoms with Crippen molar-refractivity contribution in [3.05, 3.63) is 76.3 Å². The Morgan fingerprint density at radius 3 is 2.37 bits per heavy atom. The number of hydrogen-bond acceptors (Lipinski definition) is 5. The number of piperazine rings is 1. The summed E-state index contributed by atoms with van der Waals surface area (Å²) in [7, 11) is 0. The lowest BCUT2D eigenvalue weighted by atomic mass is 10.1. The quantitative estimate of drug-likeness (QED) is 0.409. The molecule has 4 rings (SSSR count). The summed E-state index contributed by atoms with van der Waals surface area (Å²) in [5.74, 6) is 0.669. The fraction of sp³-hybridized carbons (Fsp3) is 0.357.